The normalized spacial score (nSPS) is 19.7. The standard InChI is InChI=1S/C17H21F3N2O2/c1-3-21-15(23)10-22(4-2)16(24)14-9-13(14)11-5-7-12(8-6-11)17(18,19)20/h5-8,13-14H,3-4,9-10H2,1-2H3,(H,21,23). The van der Waals surface area contributed by atoms with Gasteiger partial charge in [0.05, 0.1) is 12.1 Å². The van der Waals surface area contributed by atoms with Gasteiger partial charge in [-0.15, -0.1) is 0 Å². The molecule has 0 radical (unpaired) electrons. The molecule has 24 heavy (non-hydrogen) atoms. The molecule has 0 aliphatic heterocycles. The molecule has 7 heteroatoms. The lowest BCUT2D eigenvalue weighted by Gasteiger charge is -2.20. The molecule has 2 amide bonds. The predicted molar refractivity (Wildman–Crippen MR) is 83.2 cm³/mol. The van der Waals surface area contributed by atoms with Gasteiger partial charge in [0.1, 0.15) is 0 Å². The molecule has 1 aliphatic rings. The Morgan fingerprint density at radius 3 is 2.33 bits per heavy atom. The van der Waals surface area contributed by atoms with Crippen LogP contribution >= 0.6 is 0 Å². The molecule has 1 aliphatic carbocycles. The molecule has 1 fully saturated rings. The highest BCUT2D eigenvalue weighted by molar-refractivity contribution is 5.88. The number of carbonyl (C=O) groups excluding carboxylic acids is 2. The fraction of sp³-hybridized carbons (Fsp3) is 0.529. The Balaban J connectivity index is 1.98. The molecule has 2 unspecified atom stereocenters. The molecule has 0 spiro atoms. The highest BCUT2D eigenvalue weighted by Crippen LogP contribution is 2.48. The van der Waals surface area contributed by atoms with Gasteiger partial charge in [-0.25, -0.2) is 0 Å². The van der Waals surface area contributed by atoms with Crippen molar-refractivity contribution in [3.63, 3.8) is 0 Å². The van der Waals surface area contributed by atoms with Gasteiger partial charge in [-0.1, -0.05) is 12.1 Å². The number of rotatable bonds is 6. The van der Waals surface area contributed by atoms with Crippen LogP contribution in [0.1, 0.15) is 37.3 Å². The summed E-state index contributed by atoms with van der Waals surface area (Å²) in [4.78, 5) is 25.6. The monoisotopic (exact) mass is 342 g/mol. The number of carbonyl (C=O) groups is 2. The van der Waals surface area contributed by atoms with Gasteiger partial charge in [-0.2, -0.15) is 13.2 Å². The first kappa shape index (κ1) is 18.3. The molecule has 132 valence electrons. The van der Waals surface area contributed by atoms with E-state index < -0.39 is 11.7 Å². The number of nitrogens with zero attached hydrogens (tertiary/aromatic N) is 1. The minimum atomic E-state index is -4.36. The maximum absolute atomic E-state index is 12.6. The molecule has 1 aromatic rings. The number of nitrogens with one attached hydrogen (secondary N) is 1. The second kappa shape index (κ2) is 7.23. The van der Waals surface area contributed by atoms with Crippen LogP contribution in [0.25, 0.3) is 0 Å². The first-order valence-electron chi connectivity index (χ1n) is 8.00. The first-order chi connectivity index (χ1) is 11.3. The summed E-state index contributed by atoms with van der Waals surface area (Å²) in [7, 11) is 0. The lowest BCUT2D eigenvalue weighted by molar-refractivity contribution is -0.137. The summed E-state index contributed by atoms with van der Waals surface area (Å²) in [6.45, 7) is 4.54. The minimum absolute atomic E-state index is 0.0133. The maximum Gasteiger partial charge on any atom is 0.416 e. The van der Waals surface area contributed by atoms with Crippen LogP contribution in [0.4, 0.5) is 13.2 Å². The quantitative estimate of drug-likeness (QED) is 0.864. The average molecular weight is 342 g/mol. The Morgan fingerprint density at radius 2 is 1.83 bits per heavy atom. The van der Waals surface area contributed by atoms with E-state index >= 15 is 0 Å². The fourth-order valence-electron chi connectivity index (χ4n) is 2.76. The molecule has 2 rings (SSSR count). The number of benzene rings is 1. The molecule has 0 saturated heterocycles. The third kappa shape index (κ3) is 4.27. The van der Waals surface area contributed by atoms with Gasteiger partial charge >= 0.3 is 6.18 Å². The van der Waals surface area contributed by atoms with Gasteiger partial charge in [0.15, 0.2) is 0 Å². The summed E-state index contributed by atoms with van der Waals surface area (Å²) in [5, 5.41) is 2.65. The van der Waals surface area contributed by atoms with Crippen LogP contribution < -0.4 is 5.32 Å². The van der Waals surface area contributed by atoms with E-state index in [4.69, 9.17) is 0 Å². The molecular weight excluding hydrogens is 321 g/mol. The zero-order chi connectivity index (χ0) is 17.9. The summed E-state index contributed by atoms with van der Waals surface area (Å²) in [5.41, 5.74) is 0.0385. The van der Waals surface area contributed by atoms with Crippen LogP contribution in [-0.4, -0.2) is 36.3 Å². The number of likely N-dealkylation sites (N-methyl/N-ethyl adjacent to an activating group) is 2. The fourth-order valence-corrected chi connectivity index (χ4v) is 2.76. The minimum Gasteiger partial charge on any atom is -0.355 e. The van der Waals surface area contributed by atoms with Gasteiger partial charge in [-0.05, 0) is 43.9 Å². The van der Waals surface area contributed by atoms with Crippen molar-refractivity contribution < 1.29 is 22.8 Å². The highest BCUT2D eigenvalue weighted by atomic mass is 19.4. The highest BCUT2D eigenvalue weighted by Gasteiger charge is 2.46. The molecule has 0 aromatic heterocycles. The van der Waals surface area contributed by atoms with E-state index in [1.807, 2.05) is 0 Å². The van der Waals surface area contributed by atoms with E-state index in [1.54, 1.807) is 13.8 Å². The number of alkyl halides is 3. The summed E-state index contributed by atoms with van der Waals surface area (Å²) >= 11 is 0. The summed E-state index contributed by atoms with van der Waals surface area (Å²) in [6, 6.07) is 4.95. The van der Waals surface area contributed by atoms with Gasteiger partial charge in [-0.3, -0.25) is 9.59 Å². The Labute approximate surface area is 139 Å². The second-order valence-corrected chi connectivity index (χ2v) is 5.87. The van der Waals surface area contributed by atoms with E-state index in [-0.39, 0.29) is 30.2 Å². The van der Waals surface area contributed by atoms with Crippen molar-refractivity contribution in [2.24, 2.45) is 5.92 Å². The predicted octanol–water partition coefficient (Wildman–Crippen LogP) is 2.79. The molecule has 4 nitrogen and oxygen atoms in total. The van der Waals surface area contributed by atoms with Crippen LogP contribution in [0, 0.1) is 5.92 Å². The third-order valence-corrected chi connectivity index (χ3v) is 4.18. The Hall–Kier alpha value is -2.05. The van der Waals surface area contributed by atoms with Crippen molar-refractivity contribution >= 4 is 11.8 Å². The van der Waals surface area contributed by atoms with E-state index in [0.717, 1.165) is 17.7 Å². The lowest BCUT2D eigenvalue weighted by Crippen LogP contribution is -2.41. The molecular formula is C17H21F3N2O2. The van der Waals surface area contributed by atoms with E-state index in [2.05, 4.69) is 5.32 Å². The van der Waals surface area contributed by atoms with Gasteiger partial charge in [0.2, 0.25) is 11.8 Å². The third-order valence-electron chi connectivity index (χ3n) is 4.18. The van der Waals surface area contributed by atoms with Crippen molar-refractivity contribution in [1.29, 1.82) is 0 Å². The first-order valence-corrected chi connectivity index (χ1v) is 8.00. The van der Waals surface area contributed by atoms with Gasteiger partial charge < -0.3 is 10.2 Å². The van der Waals surface area contributed by atoms with Crippen LogP contribution in [0.3, 0.4) is 0 Å². The molecule has 0 bridgehead atoms. The van der Waals surface area contributed by atoms with Crippen molar-refractivity contribution in [2.75, 3.05) is 19.6 Å². The number of hydrogen-bond acceptors (Lipinski definition) is 2. The summed E-state index contributed by atoms with van der Waals surface area (Å²) in [6.07, 6.45) is -3.75. The topological polar surface area (TPSA) is 49.4 Å². The summed E-state index contributed by atoms with van der Waals surface area (Å²) < 4.78 is 37.7. The molecule has 0 heterocycles. The Bertz CT molecular complexity index is 599. The second-order valence-electron chi connectivity index (χ2n) is 5.87. The largest absolute Gasteiger partial charge is 0.416 e. The van der Waals surface area contributed by atoms with Crippen LogP contribution in [0.2, 0.25) is 0 Å². The SMILES string of the molecule is CCNC(=O)CN(CC)C(=O)C1CC1c1ccc(C(F)(F)F)cc1. The van der Waals surface area contributed by atoms with Crippen molar-refractivity contribution in [3.05, 3.63) is 35.4 Å². The number of hydrogen-bond donors (Lipinski definition) is 1. The van der Waals surface area contributed by atoms with Crippen LogP contribution in [0.5, 0.6) is 0 Å². The number of amides is 2. The van der Waals surface area contributed by atoms with Crippen molar-refractivity contribution in [1.82, 2.24) is 10.2 Å². The number of halogens is 3. The lowest BCUT2D eigenvalue weighted by atomic mass is 10.1. The zero-order valence-electron chi connectivity index (χ0n) is 13.7. The van der Waals surface area contributed by atoms with E-state index in [1.165, 1.54) is 17.0 Å². The smallest absolute Gasteiger partial charge is 0.355 e. The van der Waals surface area contributed by atoms with Gasteiger partial charge in [0.25, 0.3) is 0 Å². The zero-order valence-corrected chi connectivity index (χ0v) is 13.7. The molecule has 1 N–H and O–H groups in total. The molecule has 1 aromatic carbocycles. The van der Waals surface area contributed by atoms with Crippen LogP contribution in [0.15, 0.2) is 24.3 Å². The van der Waals surface area contributed by atoms with E-state index in [9.17, 15) is 22.8 Å². The Morgan fingerprint density at radius 1 is 1.21 bits per heavy atom. The maximum atomic E-state index is 12.6. The average Bonchev–Trinajstić information content (AvgIpc) is 3.32. The van der Waals surface area contributed by atoms with Gasteiger partial charge in [0, 0.05) is 19.0 Å². The van der Waals surface area contributed by atoms with Crippen molar-refractivity contribution in [3.8, 4) is 0 Å². The van der Waals surface area contributed by atoms with E-state index in [0.29, 0.717) is 19.5 Å². The summed E-state index contributed by atoms with van der Waals surface area (Å²) in [5.74, 6) is -0.646. The molecule has 2 atom stereocenters. The van der Waals surface area contributed by atoms with Crippen LogP contribution in [-0.2, 0) is 15.8 Å². The Kier molecular flexibility index (Phi) is 5.51. The molecule has 1 saturated carbocycles. The van der Waals surface area contributed by atoms with Crippen molar-refractivity contribution in [2.45, 2.75) is 32.4 Å².